The van der Waals surface area contributed by atoms with Gasteiger partial charge in [-0.1, -0.05) is 12.1 Å². The first kappa shape index (κ1) is 10.7. The molecule has 0 saturated heterocycles. The third-order valence-corrected chi connectivity index (χ3v) is 2.31. The van der Waals surface area contributed by atoms with E-state index in [1.165, 1.54) is 6.07 Å². The van der Waals surface area contributed by atoms with Gasteiger partial charge in [-0.05, 0) is 32.0 Å². The van der Waals surface area contributed by atoms with Crippen LogP contribution in [0.5, 0.6) is 11.5 Å². The van der Waals surface area contributed by atoms with Gasteiger partial charge in [-0.15, -0.1) is 0 Å². The first-order valence-electron chi connectivity index (χ1n) is 5.16. The molecule has 0 aliphatic heterocycles. The predicted octanol–water partition coefficient (Wildman–Crippen LogP) is 3.47. The number of halogens is 1. The summed E-state index contributed by atoms with van der Waals surface area (Å²) in [6.45, 7) is 3.74. The third kappa shape index (κ3) is 1.81. The zero-order valence-electron chi connectivity index (χ0n) is 9.20. The van der Waals surface area contributed by atoms with Crippen LogP contribution in [0.4, 0.5) is 4.39 Å². The summed E-state index contributed by atoms with van der Waals surface area (Å²) in [5, 5.41) is 10.8. The molecule has 2 aromatic carbocycles. The van der Waals surface area contributed by atoms with Gasteiger partial charge in [0.1, 0.15) is 5.82 Å². The first-order chi connectivity index (χ1) is 7.59. The highest BCUT2D eigenvalue weighted by molar-refractivity contribution is 5.90. The highest BCUT2D eigenvalue weighted by Crippen LogP contribution is 2.35. The lowest BCUT2D eigenvalue weighted by Crippen LogP contribution is -2.05. The summed E-state index contributed by atoms with van der Waals surface area (Å²) in [5.41, 5.74) is 0. The Labute approximate surface area is 93.3 Å². The lowest BCUT2D eigenvalue weighted by Gasteiger charge is -2.12. The van der Waals surface area contributed by atoms with Gasteiger partial charge in [0.15, 0.2) is 11.5 Å². The van der Waals surface area contributed by atoms with Crippen LogP contribution in [0, 0.1) is 5.82 Å². The van der Waals surface area contributed by atoms with Crippen LogP contribution in [0.25, 0.3) is 10.8 Å². The van der Waals surface area contributed by atoms with Gasteiger partial charge >= 0.3 is 0 Å². The number of hydrogen-bond acceptors (Lipinski definition) is 2. The quantitative estimate of drug-likeness (QED) is 0.839. The Kier molecular flexibility index (Phi) is 2.69. The topological polar surface area (TPSA) is 29.5 Å². The predicted molar refractivity (Wildman–Crippen MR) is 61.3 cm³/mol. The van der Waals surface area contributed by atoms with E-state index in [-0.39, 0.29) is 17.7 Å². The lowest BCUT2D eigenvalue weighted by molar-refractivity contribution is 0.232. The van der Waals surface area contributed by atoms with E-state index in [1.54, 1.807) is 24.3 Å². The van der Waals surface area contributed by atoms with Crippen LogP contribution >= 0.6 is 0 Å². The largest absolute Gasteiger partial charge is 0.504 e. The van der Waals surface area contributed by atoms with Crippen molar-refractivity contribution in [2.24, 2.45) is 0 Å². The van der Waals surface area contributed by atoms with E-state index in [1.807, 2.05) is 13.8 Å². The second-order valence-corrected chi connectivity index (χ2v) is 3.91. The highest BCUT2D eigenvalue weighted by atomic mass is 19.1. The van der Waals surface area contributed by atoms with E-state index in [2.05, 4.69) is 0 Å². The summed E-state index contributed by atoms with van der Waals surface area (Å²) in [5.74, 6) is 0.0303. The van der Waals surface area contributed by atoms with E-state index >= 15 is 0 Å². The van der Waals surface area contributed by atoms with Crippen LogP contribution < -0.4 is 4.74 Å². The summed E-state index contributed by atoms with van der Waals surface area (Å²) >= 11 is 0. The van der Waals surface area contributed by atoms with E-state index in [4.69, 9.17) is 4.74 Å². The molecule has 16 heavy (non-hydrogen) atoms. The Balaban J connectivity index is 2.61. The molecule has 0 amide bonds. The molecule has 0 fully saturated rings. The molecule has 2 aromatic rings. The van der Waals surface area contributed by atoms with Crippen molar-refractivity contribution in [3.63, 3.8) is 0 Å². The molecule has 2 nitrogen and oxygen atoms in total. The van der Waals surface area contributed by atoms with Gasteiger partial charge in [0.25, 0.3) is 0 Å². The number of benzene rings is 2. The highest BCUT2D eigenvalue weighted by Gasteiger charge is 2.10. The number of hydrogen-bond donors (Lipinski definition) is 1. The summed E-state index contributed by atoms with van der Waals surface area (Å²) in [4.78, 5) is 0. The van der Waals surface area contributed by atoms with Crippen LogP contribution in [0.2, 0.25) is 0 Å². The maximum absolute atomic E-state index is 13.4. The Morgan fingerprint density at radius 1 is 1.12 bits per heavy atom. The van der Waals surface area contributed by atoms with Crippen molar-refractivity contribution in [1.29, 1.82) is 0 Å². The van der Waals surface area contributed by atoms with Crippen molar-refractivity contribution in [2.75, 3.05) is 0 Å². The molecule has 0 unspecified atom stereocenters. The van der Waals surface area contributed by atoms with Crippen LogP contribution in [-0.4, -0.2) is 11.2 Å². The minimum absolute atomic E-state index is 0.00861. The van der Waals surface area contributed by atoms with Crippen molar-refractivity contribution in [1.82, 2.24) is 0 Å². The number of fused-ring (bicyclic) bond motifs is 1. The number of ether oxygens (including phenoxy) is 1. The van der Waals surface area contributed by atoms with E-state index in [9.17, 15) is 9.50 Å². The van der Waals surface area contributed by atoms with Crippen molar-refractivity contribution >= 4 is 10.8 Å². The lowest BCUT2D eigenvalue weighted by atomic mass is 10.1. The van der Waals surface area contributed by atoms with Gasteiger partial charge in [0.2, 0.25) is 0 Å². The van der Waals surface area contributed by atoms with E-state index in [0.29, 0.717) is 16.5 Å². The Morgan fingerprint density at radius 2 is 1.88 bits per heavy atom. The standard InChI is InChI=1S/C13H13FO2/c1-8(2)16-12-7-6-9-10(13(12)15)4-3-5-11(9)14/h3-8,15H,1-2H3. The molecule has 0 aromatic heterocycles. The van der Waals surface area contributed by atoms with Crippen molar-refractivity contribution in [3.8, 4) is 11.5 Å². The van der Waals surface area contributed by atoms with E-state index < -0.39 is 0 Å². The summed E-state index contributed by atoms with van der Waals surface area (Å²) in [7, 11) is 0. The number of phenols is 1. The molecular formula is C13H13FO2. The van der Waals surface area contributed by atoms with E-state index in [0.717, 1.165) is 0 Å². The van der Waals surface area contributed by atoms with Gasteiger partial charge < -0.3 is 9.84 Å². The van der Waals surface area contributed by atoms with Crippen molar-refractivity contribution in [3.05, 3.63) is 36.1 Å². The summed E-state index contributed by atoms with van der Waals surface area (Å²) in [6.07, 6.45) is -0.0306. The Morgan fingerprint density at radius 3 is 2.56 bits per heavy atom. The minimum Gasteiger partial charge on any atom is -0.504 e. The van der Waals surface area contributed by atoms with Gasteiger partial charge in [0.05, 0.1) is 6.10 Å². The van der Waals surface area contributed by atoms with Gasteiger partial charge in [-0.25, -0.2) is 4.39 Å². The number of aromatic hydroxyl groups is 1. The second-order valence-electron chi connectivity index (χ2n) is 3.91. The molecule has 0 aliphatic carbocycles. The van der Waals surface area contributed by atoms with Crippen LogP contribution in [0.15, 0.2) is 30.3 Å². The molecule has 2 rings (SSSR count). The molecule has 0 spiro atoms. The average molecular weight is 220 g/mol. The molecule has 3 heteroatoms. The maximum Gasteiger partial charge on any atom is 0.165 e. The van der Waals surface area contributed by atoms with Crippen LogP contribution in [-0.2, 0) is 0 Å². The van der Waals surface area contributed by atoms with Gasteiger partial charge in [0, 0.05) is 10.8 Å². The fourth-order valence-corrected chi connectivity index (χ4v) is 1.63. The molecular weight excluding hydrogens is 207 g/mol. The average Bonchev–Trinajstić information content (AvgIpc) is 2.23. The normalized spacial score (nSPS) is 11.0. The Bertz CT molecular complexity index is 521. The molecule has 0 heterocycles. The molecule has 0 radical (unpaired) electrons. The van der Waals surface area contributed by atoms with Gasteiger partial charge in [-0.2, -0.15) is 0 Å². The van der Waals surface area contributed by atoms with Crippen LogP contribution in [0.1, 0.15) is 13.8 Å². The van der Waals surface area contributed by atoms with Crippen molar-refractivity contribution in [2.45, 2.75) is 20.0 Å². The molecule has 1 N–H and O–H groups in total. The summed E-state index contributed by atoms with van der Waals surface area (Å²) < 4.78 is 18.8. The monoisotopic (exact) mass is 220 g/mol. The smallest absolute Gasteiger partial charge is 0.165 e. The van der Waals surface area contributed by atoms with Crippen molar-refractivity contribution < 1.29 is 14.2 Å². The molecule has 84 valence electrons. The number of rotatable bonds is 2. The number of phenolic OH excluding ortho intramolecular Hbond substituents is 1. The third-order valence-electron chi connectivity index (χ3n) is 2.31. The zero-order chi connectivity index (χ0) is 11.7. The second kappa shape index (κ2) is 4.00. The first-order valence-corrected chi connectivity index (χ1v) is 5.16. The summed E-state index contributed by atoms with van der Waals surface area (Å²) in [6, 6.07) is 7.80. The van der Waals surface area contributed by atoms with Gasteiger partial charge in [-0.3, -0.25) is 0 Å². The molecule has 0 aliphatic rings. The fourth-order valence-electron chi connectivity index (χ4n) is 1.63. The molecule has 0 saturated carbocycles. The van der Waals surface area contributed by atoms with Crippen LogP contribution in [0.3, 0.4) is 0 Å². The molecule has 0 bridgehead atoms. The molecule has 0 atom stereocenters. The zero-order valence-corrected chi connectivity index (χ0v) is 9.20. The fraction of sp³-hybridized carbons (Fsp3) is 0.231. The maximum atomic E-state index is 13.4. The minimum atomic E-state index is -0.344. The SMILES string of the molecule is CC(C)Oc1ccc2c(F)cccc2c1O. The Hall–Kier alpha value is -1.77.